The number of allylic oxidation sites excluding steroid dienone is 1. The van der Waals surface area contributed by atoms with E-state index in [0.717, 1.165) is 53.3 Å². The van der Waals surface area contributed by atoms with Gasteiger partial charge in [-0.25, -0.2) is 22.8 Å². The number of nitrogens with zero attached hydrogens (tertiary/aromatic N) is 3. The summed E-state index contributed by atoms with van der Waals surface area (Å²) in [7, 11) is -2.20. The smallest absolute Gasteiger partial charge is 0.264 e. The van der Waals surface area contributed by atoms with E-state index in [1.165, 1.54) is 17.7 Å². The topological polar surface area (TPSA) is 114 Å². The number of rotatable bonds is 7. The molecule has 1 aliphatic carbocycles. The van der Waals surface area contributed by atoms with Gasteiger partial charge in [0.15, 0.2) is 0 Å². The van der Waals surface area contributed by atoms with E-state index in [9.17, 15) is 12.8 Å². The van der Waals surface area contributed by atoms with Gasteiger partial charge in [0.25, 0.3) is 10.0 Å². The summed E-state index contributed by atoms with van der Waals surface area (Å²) >= 11 is 0. The van der Waals surface area contributed by atoms with E-state index in [2.05, 4.69) is 39.3 Å². The molecule has 0 saturated heterocycles. The lowest BCUT2D eigenvalue weighted by atomic mass is 9.93. The fourth-order valence-corrected chi connectivity index (χ4v) is 7.15. The summed E-state index contributed by atoms with van der Waals surface area (Å²) in [5.41, 5.74) is 11.9. The quantitative estimate of drug-likeness (QED) is 0.193. The van der Waals surface area contributed by atoms with Crippen molar-refractivity contribution >= 4 is 43.4 Å². The van der Waals surface area contributed by atoms with E-state index >= 15 is 0 Å². The zero-order chi connectivity index (χ0) is 30.5. The number of aromatic nitrogens is 3. The Kier molecular flexibility index (Phi) is 7.43. The predicted octanol–water partition coefficient (Wildman–Crippen LogP) is 6.66. The van der Waals surface area contributed by atoms with Gasteiger partial charge in [0.2, 0.25) is 0 Å². The van der Waals surface area contributed by atoms with E-state index in [1.54, 1.807) is 13.0 Å². The molecule has 0 spiro atoms. The number of hydrogen-bond donors (Lipinski definition) is 3. The lowest BCUT2D eigenvalue weighted by Gasteiger charge is -2.22. The number of halogens is 1. The zero-order valence-corrected chi connectivity index (χ0v) is 25.5. The third-order valence-electron chi connectivity index (χ3n) is 8.18. The van der Waals surface area contributed by atoms with Gasteiger partial charge in [0.05, 0.1) is 17.6 Å². The van der Waals surface area contributed by atoms with Gasteiger partial charge in [-0.2, -0.15) is 0 Å². The maximum absolute atomic E-state index is 14.6. The monoisotopic (exact) mass is 598 g/mol. The van der Waals surface area contributed by atoms with Crippen molar-refractivity contribution in [3.8, 4) is 11.3 Å². The third-order valence-corrected chi connectivity index (χ3v) is 9.56. The SMILES string of the molecule is CNC1CC=C(c2cnc(N)c3c(-c4ccc(NS(=O)(=O)c5cc(C)ccc5F)c5ccccc45)nc(C(C)C)n23)CC1. The molecule has 6 rings (SSSR count). The number of hydrogen-bond acceptors (Lipinski definition) is 6. The van der Waals surface area contributed by atoms with Crippen LogP contribution in [0, 0.1) is 12.7 Å². The molecule has 2 heterocycles. The molecule has 0 saturated carbocycles. The van der Waals surface area contributed by atoms with Crippen molar-refractivity contribution in [2.24, 2.45) is 0 Å². The molecule has 1 aliphatic rings. The number of nitrogen functional groups attached to an aromatic ring is 1. The van der Waals surface area contributed by atoms with Crippen LogP contribution in [-0.4, -0.2) is 35.9 Å². The molecule has 0 amide bonds. The Hall–Kier alpha value is -4.28. The standard InChI is InChI=1S/C33H35FN6O2S/c1-19(2)33-38-30(31-32(35)37-18-28(40(31)33)21-10-12-22(36-4)13-11-21)25-14-16-27(24-8-6-5-7-23(24)25)39-43(41,42)29-17-20(3)9-15-26(29)34/h5-10,14-19,22,36,39H,11-13H2,1-4H3,(H2,35,37). The Balaban J connectivity index is 1.53. The second kappa shape index (κ2) is 11.1. The van der Waals surface area contributed by atoms with Gasteiger partial charge >= 0.3 is 0 Å². The highest BCUT2D eigenvalue weighted by molar-refractivity contribution is 7.92. The molecule has 0 bridgehead atoms. The molecule has 0 radical (unpaired) electrons. The van der Waals surface area contributed by atoms with Gasteiger partial charge in [0, 0.05) is 22.9 Å². The van der Waals surface area contributed by atoms with Crippen molar-refractivity contribution in [2.45, 2.75) is 56.9 Å². The van der Waals surface area contributed by atoms with E-state index in [0.29, 0.717) is 34.2 Å². The summed E-state index contributed by atoms with van der Waals surface area (Å²) in [5, 5.41) is 4.80. The van der Waals surface area contributed by atoms with Gasteiger partial charge in [-0.15, -0.1) is 0 Å². The molecule has 1 unspecified atom stereocenters. The van der Waals surface area contributed by atoms with Gasteiger partial charge in [-0.05, 0) is 74.0 Å². The van der Waals surface area contributed by atoms with Crippen LogP contribution in [0.4, 0.5) is 15.9 Å². The number of anilines is 2. The van der Waals surface area contributed by atoms with Gasteiger partial charge in [-0.3, -0.25) is 9.12 Å². The Labute approximate surface area is 250 Å². The molecular weight excluding hydrogens is 563 g/mol. The Bertz CT molecular complexity index is 2020. The minimum absolute atomic E-state index is 0.0950. The molecule has 4 N–H and O–H groups in total. The van der Waals surface area contributed by atoms with Crippen molar-refractivity contribution in [3.05, 3.63) is 89.8 Å². The summed E-state index contributed by atoms with van der Waals surface area (Å²) in [6.45, 7) is 5.93. The fourth-order valence-electron chi connectivity index (χ4n) is 5.91. The van der Waals surface area contributed by atoms with E-state index in [-0.39, 0.29) is 5.92 Å². The van der Waals surface area contributed by atoms with E-state index < -0.39 is 20.7 Å². The number of fused-ring (bicyclic) bond motifs is 2. The Morgan fingerprint density at radius 2 is 1.86 bits per heavy atom. The predicted molar refractivity (Wildman–Crippen MR) is 171 cm³/mol. The summed E-state index contributed by atoms with van der Waals surface area (Å²) in [5.74, 6) is 0.525. The van der Waals surface area contributed by atoms with Crippen molar-refractivity contribution < 1.29 is 12.8 Å². The molecule has 2 aromatic heterocycles. The number of sulfonamides is 1. The van der Waals surface area contributed by atoms with Crippen LogP contribution in [0.25, 0.3) is 33.1 Å². The van der Waals surface area contributed by atoms with E-state index in [1.807, 2.05) is 43.6 Å². The van der Waals surface area contributed by atoms with E-state index in [4.69, 9.17) is 10.7 Å². The van der Waals surface area contributed by atoms with Crippen molar-refractivity contribution in [2.75, 3.05) is 17.5 Å². The Morgan fingerprint density at radius 3 is 2.56 bits per heavy atom. The number of imidazole rings is 1. The average Bonchev–Trinajstić information content (AvgIpc) is 3.40. The highest BCUT2D eigenvalue weighted by Crippen LogP contribution is 2.40. The summed E-state index contributed by atoms with van der Waals surface area (Å²) in [6.07, 6.45) is 6.99. The summed E-state index contributed by atoms with van der Waals surface area (Å²) in [4.78, 5) is 9.36. The maximum atomic E-state index is 14.6. The molecule has 10 heteroatoms. The third kappa shape index (κ3) is 5.14. The first-order chi connectivity index (χ1) is 20.6. The van der Waals surface area contributed by atoms with Crippen LogP contribution in [0.15, 0.2) is 71.8 Å². The van der Waals surface area contributed by atoms with Crippen LogP contribution in [-0.2, 0) is 10.0 Å². The molecule has 3 aromatic carbocycles. The molecule has 1 atom stereocenters. The highest BCUT2D eigenvalue weighted by atomic mass is 32.2. The normalized spacial score (nSPS) is 15.8. The van der Waals surface area contributed by atoms with Gasteiger partial charge in [-0.1, -0.05) is 50.3 Å². The minimum atomic E-state index is -4.19. The first kappa shape index (κ1) is 28.8. The van der Waals surface area contributed by atoms with Crippen molar-refractivity contribution in [1.82, 2.24) is 19.7 Å². The van der Waals surface area contributed by atoms with Crippen LogP contribution in [0.5, 0.6) is 0 Å². The van der Waals surface area contributed by atoms with Crippen LogP contribution < -0.4 is 15.8 Å². The lowest BCUT2D eigenvalue weighted by Crippen LogP contribution is -2.26. The number of aryl methyl sites for hydroxylation is 1. The largest absolute Gasteiger partial charge is 0.382 e. The van der Waals surface area contributed by atoms with Gasteiger partial charge < -0.3 is 11.1 Å². The summed E-state index contributed by atoms with van der Waals surface area (Å²) < 4.78 is 45.9. The maximum Gasteiger partial charge on any atom is 0.264 e. The van der Waals surface area contributed by atoms with Gasteiger partial charge in [0.1, 0.15) is 33.6 Å². The zero-order valence-electron chi connectivity index (χ0n) is 24.6. The second-order valence-corrected chi connectivity index (χ2v) is 13.1. The van der Waals surface area contributed by atoms with Crippen LogP contribution >= 0.6 is 0 Å². The highest BCUT2D eigenvalue weighted by Gasteiger charge is 2.26. The molecular formula is C33H35FN6O2S. The first-order valence-corrected chi connectivity index (χ1v) is 15.9. The van der Waals surface area contributed by atoms with Crippen molar-refractivity contribution in [3.63, 3.8) is 0 Å². The van der Waals surface area contributed by atoms with Crippen molar-refractivity contribution in [1.29, 1.82) is 0 Å². The minimum Gasteiger partial charge on any atom is -0.382 e. The molecule has 222 valence electrons. The molecule has 0 fully saturated rings. The average molecular weight is 599 g/mol. The number of benzene rings is 3. The summed E-state index contributed by atoms with van der Waals surface area (Å²) in [6, 6.07) is 15.5. The lowest BCUT2D eigenvalue weighted by molar-refractivity contribution is 0.522. The number of nitrogens with two attached hydrogens (primary N) is 1. The molecule has 43 heavy (non-hydrogen) atoms. The van der Waals surface area contributed by atoms with Crippen LogP contribution in [0.2, 0.25) is 0 Å². The Morgan fingerprint density at radius 1 is 1.09 bits per heavy atom. The fraction of sp³-hybridized carbons (Fsp3) is 0.273. The molecule has 0 aliphatic heterocycles. The molecule has 5 aromatic rings. The molecule has 8 nitrogen and oxygen atoms in total. The second-order valence-electron chi connectivity index (χ2n) is 11.4. The van der Waals surface area contributed by atoms with Crippen LogP contribution in [0.1, 0.15) is 56.1 Å². The number of nitrogens with one attached hydrogen (secondary N) is 2. The van der Waals surface area contributed by atoms with Crippen LogP contribution in [0.3, 0.4) is 0 Å². The first-order valence-electron chi connectivity index (χ1n) is 14.4.